The van der Waals surface area contributed by atoms with Gasteiger partial charge in [0.1, 0.15) is 0 Å². The summed E-state index contributed by atoms with van der Waals surface area (Å²) in [4.78, 5) is 29.6. The molecule has 3 atom stereocenters. The first-order valence-electron chi connectivity index (χ1n) is 10.7. The summed E-state index contributed by atoms with van der Waals surface area (Å²) in [6.07, 6.45) is 7.43. The maximum atomic E-state index is 13.0. The van der Waals surface area contributed by atoms with Crippen LogP contribution in [0.25, 0.3) is 0 Å². The van der Waals surface area contributed by atoms with Crippen LogP contribution in [0.5, 0.6) is 0 Å². The zero-order chi connectivity index (χ0) is 19.5. The summed E-state index contributed by atoms with van der Waals surface area (Å²) in [5.41, 5.74) is 0.598. The molecule has 2 aliphatic rings. The highest BCUT2D eigenvalue weighted by atomic mass is 16.2. The Hall–Kier alpha value is -1.06. The second-order valence-corrected chi connectivity index (χ2v) is 9.93. The maximum absolute atomic E-state index is 13.0. The first-order valence-corrected chi connectivity index (χ1v) is 10.7. The molecule has 26 heavy (non-hydrogen) atoms. The van der Waals surface area contributed by atoms with Gasteiger partial charge in [-0.15, -0.1) is 0 Å². The standard InChI is InChI=1S/C22H40N2O2/c1-7-9-10-19(25)23(17(3)8-2)12-11-20(26)24-16-22(6)14-18(24)13-21(4,5)15-22/h17-18H,7-16H2,1-6H3. The molecule has 1 aliphatic heterocycles. The van der Waals surface area contributed by atoms with Crippen LogP contribution >= 0.6 is 0 Å². The lowest BCUT2D eigenvalue weighted by molar-refractivity contribution is -0.136. The van der Waals surface area contributed by atoms with Gasteiger partial charge in [0, 0.05) is 38.0 Å². The number of hydrogen-bond acceptors (Lipinski definition) is 2. The van der Waals surface area contributed by atoms with Crippen molar-refractivity contribution in [3.63, 3.8) is 0 Å². The van der Waals surface area contributed by atoms with Crippen LogP contribution in [0.15, 0.2) is 0 Å². The monoisotopic (exact) mass is 364 g/mol. The third-order valence-corrected chi connectivity index (χ3v) is 6.49. The Morgan fingerprint density at radius 3 is 2.46 bits per heavy atom. The zero-order valence-corrected chi connectivity index (χ0v) is 17.9. The van der Waals surface area contributed by atoms with Crippen LogP contribution in [0.4, 0.5) is 0 Å². The predicted octanol–water partition coefficient (Wildman–Crippen LogP) is 4.62. The number of carbonyl (C=O) groups is 2. The minimum Gasteiger partial charge on any atom is -0.339 e. The molecular weight excluding hydrogens is 324 g/mol. The van der Waals surface area contributed by atoms with Gasteiger partial charge in [-0.2, -0.15) is 0 Å². The van der Waals surface area contributed by atoms with Crippen molar-refractivity contribution < 1.29 is 9.59 Å². The summed E-state index contributed by atoms with van der Waals surface area (Å²) in [5.74, 6) is 0.454. The van der Waals surface area contributed by atoms with Crippen molar-refractivity contribution >= 4 is 11.8 Å². The number of fused-ring (bicyclic) bond motifs is 2. The first kappa shape index (κ1) is 21.2. The molecule has 2 amide bonds. The largest absolute Gasteiger partial charge is 0.339 e. The van der Waals surface area contributed by atoms with Crippen molar-refractivity contribution in [1.82, 2.24) is 9.80 Å². The molecule has 0 N–H and O–H groups in total. The van der Waals surface area contributed by atoms with Gasteiger partial charge in [0.05, 0.1) is 0 Å². The van der Waals surface area contributed by atoms with Crippen molar-refractivity contribution in [2.24, 2.45) is 10.8 Å². The van der Waals surface area contributed by atoms with E-state index >= 15 is 0 Å². The molecule has 150 valence electrons. The third-order valence-electron chi connectivity index (χ3n) is 6.49. The quantitative estimate of drug-likeness (QED) is 0.630. The van der Waals surface area contributed by atoms with Gasteiger partial charge in [-0.25, -0.2) is 0 Å². The molecule has 3 unspecified atom stereocenters. The van der Waals surface area contributed by atoms with Crippen LogP contribution in [0.1, 0.15) is 92.9 Å². The fourth-order valence-electron chi connectivity index (χ4n) is 5.39. The molecule has 1 aliphatic carbocycles. The van der Waals surface area contributed by atoms with E-state index in [9.17, 15) is 9.59 Å². The fraction of sp³-hybridized carbons (Fsp3) is 0.909. The molecule has 1 saturated heterocycles. The Morgan fingerprint density at radius 2 is 1.85 bits per heavy atom. The van der Waals surface area contributed by atoms with Gasteiger partial charge in [0.25, 0.3) is 0 Å². The third kappa shape index (κ3) is 5.01. The Morgan fingerprint density at radius 1 is 1.15 bits per heavy atom. The van der Waals surface area contributed by atoms with Crippen molar-refractivity contribution in [2.75, 3.05) is 13.1 Å². The van der Waals surface area contributed by atoms with Gasteiger partial charge in [0.15, 0.2) is 0 Å². The number of unbranched alkanes of at least 4 members (excludes halogenated alkanes) is 1. The van der Waals surface area contributed by atoms with Crippen LogP contribution in [-0.4, -0.2) is 46.8 Å². The molecule has 4 nitrogen and oxygen atoms in total. The summed E-state index contributed by atoms with van der Waals surface area (Å²) in [6, 6.07) is 0.602. The molecule has 0 aromatic rings. The average Bonchev–Trinajstić information content (AvgIpc) is 2.81. The molecule has 1 saturated carbocycles. The zero-order valence-electron chi connectivity index (χ0n) is 17.9. The number of likely N-dealkylation sites (tertiary alicyclic amines) is 1. The van der Waals surface area contributed by atoms with Gasteiger partial charge in [-0.1, -0.05) is 41.0 Å². The van der Waals surface area contributed by atoms with E-state index in [-0.39, 0.29) is 23.3 Å². The highest BCUT2D eigenvalue weighted by molar-refractivity contribution is 5.80. The van der Waals surface area contributed by atoms with Gasteiger partial charge >= 0.3 is 0 Å². The summed E-state index contributed by atoms with van der Waals surface area (Å²) >= 11 is 0. The normalized spacial score (nSPS) is 28.1. The van der Waals surface area contributed by atoms with E-state index in [2.05, 4.69) is 46.4 Å². The number of rotatable bonds is 8. The summed E-state index contributed by atoms with van der Waals surface area (Å²) in [5, 5.41) is 0. The molecule has 4 heteroatoms. The summed E-state index contributed by atoms with van der Waals surface area (Å²) < 4.78 is 0. The van der Waals surface area contributed by atoms with Crippen LogP contribution in [0.3, 0.4) is 0 Å². The molecular formula is C22H40N2O2. The van der Waals surface area contributed by atoms with E-state index in [0.717, 1.165) is 38.6 Å². The highest BCUT2D eigenvalue weighted by Crippen LogP contribution is 2.52. The van der Waals surface area contributed by atoms with E-state index in [1.807, 2.05) is 4.90 Å². The first-order chi connectivity index (χ1) is 12.1. The van der Waals surface area contributed by atoms with E-state index in [1.165, 1.54) is 6.42 Å². The predicted molar refractivity (Wildman–Crippen MR) is 107 cm³/mol. The van der Waals surface area contributed by atoms with E-state index in [0.29, 0.717) is 30.8 Å². The van der Waals surface area contributed by atoms with Crippen LogP contribution in [0, 0.1) is 10.8 Å². The summed E-state index contributed by atoms with van der Waals surface area (Å²) in [6.45, 7) is 14.8. The molecule has 0 aromatic carbocycles. The average molecular weight is 365 g/mol. The smallest absolute Gasteiger partial charge is 0.224 e. The second-order valence-electron chi connectivity index (χ2n) is 9.93. The minimum absolute atomic E-state index is 0.210. The van der Waals surface area contributed by atoms with Crippen molar-refractivity contribution in [3.8, 4) is 0 Å². The van der Waals surface area contributed by atoms with E-state index < -0.39 is 0 Å². The molecule has 2 fully saturated rings. The second kappa shape index (κ2) is 8.31. The number of amides is 2. The SMILES string of the molecule is CCCCC(=O)N(CCC(=O)N1CC2(C)CC1CC(C)(C)C2)C(C)CC. The lowest BCUT2D eigenvalue weighted by Crippen LogP contribution is -2.43. The lowest BCUT2D eigenvalue weighted by atomic mass is 9.65. The van der Waals surface area contributed by atoms with Crippen molar-refractivity contribution in [1.29, 1.82) is 0 Å². The van der Waals surface area contributed by atoms with Crippen LogP contribution < -0.4 is 0 Å². The van der Waals surface area contributed by atoms with Crippen molar-refractivity contribution in [3.05, 3.63) is 0 Å². The molecule has 2 rings (SSSR count). The van der Waals surface area contributed by atoms with E-state index in [4.69, 9.17) is 0 Å². The fourth-order valence-corrected chi connectivity index (χ4v) is 5.39. The Bertz CT molecular complexity index is 516. The summed E-state index contributed by atoms with van der Waals surface area (Å²) in [7, 11) is 0. The van der Waals surface area contributed by atoms with Gasteiger partial charge in [-0.3, -0.25) is 9.59 Å². The van der Waals surface area contributed by atoms with Gasteiger partial charge < -0.3 is 9.80 Å². The number of hydrogen-bond donors (Lipinski definition) is 0. The number of carbonyl (C=O) groups excluding carboxylic acids is 2. The Balaban J connectivity index is 1.97. The topological polar surface area (TPSA) is 40.6 Å². The molecule has 2 bridgehead atoms. The molecule has 1 heterocycles. The minimum atomic E-state index is 0.210. The van der Waals surface area contributed by atoms with Crippen LogP contribution in [0.2, 0.25) is 0 Å². The lowest BCUT2D eigenvalue weighted by Gasteiger charge is -2.39. The molecule has 0 radical (unpaired) electrons. The van der Waals surface area contributed by atoms with Crippen LogP contribution in [-0.2, 0) is 9.59 Å². The highest BCUT2D eigenvalue weighted by Gasteiger charge is 2.50. The Labute approximate surface area is 160 Å². The van der Waals surface area contributed by atoms with Gasteiger partial charge in [-0.05, 0) is 49.9 Å². The molecule has 0 spiro atoms. The van der Waals surface area contributed by atoms with E-state index in [1.54, 1.807) is 0 Å². The van der Waals surface area contributed by atoms with Crippen molar-refractivity contribution in [2.45, 2.75) is 105 Å². The van der Waals surface area contributed by atoms with Gasteiger partial charge in [0.2, 0.25) is 11.8 Å². The molecule has 0 aromatic heterocycles. The number of nitrogens with zero attached hydrogens (tertiary/aromatic N) is 2. The maximum Gasteiger partial charge on any atom is 0.224 e. The Kier molecular flexibility index (Phi) is 6.79.